The van der Waals surface area contributed by atoms with E-state index >= 15 is 0 Å². The van der Waals surface area contributed by atoms with Crippen molar-refractivity contribution in [1.82, 2.24) is 9.66 Å². The second-order valence-corrected chi connectivity index (χ2v) is 7.60. The van der Waals surface area contributed by atoms with E-state index in [-0.39, 0.29) is 22.4 Å². The van der Waals surface area contributed by atoms with Crippen molar-refractivity contribution >= 4 is 39.1 Å². The number of nitrogens with zero attached hydrogens (tertiary/aromatic N) is 2. The zero-order valence-electron chi connectivity index (χ0n) is 13.7. The van der Waals surface area contributed by atoms with Crippen molar-refractivity contribution in [1.29, 1.82) is 0 Å². The van der Waals surface area contributed by atoms with E-state index in [1.165, 1.54) is 29.8 Å². The van der Waals surface area contributed by atoms with Crippen LogP contribution in [0.3, 0.4) is 0 Å². The van der Waals surface area contributed by atoms with Gasteiger partial charge in [-0.2, -0.15) is 0 Å². The molecular weight excluding hydrogens is 377 g/mol. The molecule has 3 aromatic rings. The second kappa shape index (κ2) is 6.81. The van der Waals surface area contributed by atoms with Gasteiger partial charge in [-0.15, -0.1) is 11.3 Å². The molecule has 4 rings (SSSR count). The maximum Gasteiger partial charge on any atom is 0.281 e. The summed E-state index contributed by atoms with van der Waals surface area (Å²) in [6.07, 6.45) is 5.08. The highest BCUT2D eigenvalue weighted by Gasteiger charge is 2.23. The monoisotopic (exact) mass is 391 g/mol. The lowest BCUT2D eigenvalue weighted by atomic mass is 10.1. The van der Waals surface area contributed by atoms with Gasteiger partial charge in [0.25, 0.3) is 5.56 Å². The van der Waals surface area contributed by atoms with Crippen LogP contribution in [0.4, 0.5) is 4.39 Å². The summed E-state index contributed by atoms with van der Waals surface area (Å²) in [4.78, 5) is 30.0. The predicted molar refractivity (Wildman–Crippen MR) is 101 cm³/mol. The number of fused-ring (bicyclic) bond motifs is 1. The Labute approximate surface area is 157 Å². The van der Waals surface area contributed by atoms with Crippen LogP contribution in [-0.4, -0.2) is 15.6 Å². The van der Waals surface area contributed by atoms with Crippen LogP contribution >= 0.6 is 22.9 Å². The number of nitrogens with one attached hydrogen (secondary N) is 1. The van der Waals surface area contributed by atoms with Gasteiger partial charge in [0.2, 0.25) is 5.91 Å². The standard InChI is InChI=1S/C18H15ClFN3O2S/c19-13-7-11(5-6-14(13)20)12-8-26-17-15(12)18(25)23(9-21-17)22-16(24)10-3-1-2-4-10/h5-10H,1-4H2,(H,22,24). The lowest BCUT2D eigenvalue weighted by molar-refractivity contribution is -0.120. The van der Waals surface area contributed by atoms with E-state index in [9.17, 15) is 14.0 Å². The molecule has 0 saturated heterocycles. The lowest BCUT2D eigenvalue weighted by Crippen LogP contribution is -2.35. The third kappa shape index (κ3) is 3.01. The second-order valence-electron chi connectivity index (χ2n) is 6.34. The number of thiophene rings is 1. The van der Waals surface area contributed by atoms with Crippen molar-refractivity contribution in [3.63, 3.8) is 0 Å². The fourth-order valence-electron chi connectivity index (χ4n) is 3.29. The summed E-state index contributed by atoms with van der Waals surface area (Å²) in [6, 6.07) is 4.31. The van der Waals surface area contributed by atoms with Crippen molar-refractivity contribution in [2.45, 2.75) is 25.7 Å². The van der Waals surface area contributed by atoms with Gasteiger partial charge in [-0.3, -0.25) is 15.0 Å². The van der Waals surface area contributed by atoms with E-state index in [0.29, 0.717) is 21.3 Å². The summed E-state index contributed by atoms with van der Waals surface area (Å²) in [5, 5.41) is 2.15. The number of carbonyl (C=O) groups is 1. The third-order valence-corrected chi connectivity index (χ3v) is 5.86. The minimum atomic E-state index is -0.519. The molecule has 2 aromatic heterocycles. The molecule has 0 spiro atoms. The van der Waals surface area contributed by atoms with E-state index in [2.05, 4.69) is 10.4 Å². The van der Waals surface area contributed by atoms with Crippen LogP contribution in [0, 0.1) is 11.7 Å². The summed E-state index contributed by atoms with van der Waals surface area (Å²) >= 11 is 7.18. The molecule has 1 N–H and O–H groups in total. The molecule has 1 aromatic carbocycles. The number of aromatic nitrogens is 2. The summed E-state index contributed by atoms with van der Waals surface area (Å²) in [6.45, 7) is 0. The molecular formula is C18H15ClFN3O2S. The van der Waals surface area contributed by atoms with E-state index in [1.807, 2.05) is 0 Å². The first kappa shape index (κ1) is 17.2. The van der Waals surface area contributed by atoms with Crippen LogP contribution in [0.25, 0.3) is 21.3 Å². The number of hydrogen-bond donors (Lipinski definition) is 1. The zero-order chi connectivity index (χ0) is 18.3. The molecule has 1 aliphatic carbocycles. The van der Waals surface area contributed by atoms with Crippen LogP contribution in [0.15, 0.2) is 34.7 Å². The maximum atomic E-state index is 13.4. The molecule has 5 nitrogen and oxygen atoms in total. The van der Waals surface area contributed by atoms with Gasteiger partial charge >= 0.3 is 0 Å². The molecule has 0 unspecified atom stereocenters. The Bertz CT molecular complexity index is 1060. The predicted octanol–water partition coefficient (Wildman–Crippen LogP) is 4.18. The van der Waals surface area contributed by atoms with Gasteiger partial charge in [0.1, 0.15) is 17.0 Å². The molecule has 26 heavy (non-hydrogen) atoms. The van der Waals surface area contributed by atoms with Gasteiger partial charge in [-0.1, -0.05) is 30.5 Å². The Kier molecular flexibility index (Phi) is 4.50. The van der Waals surface area contributed by atoms with Crippen LogP contribution in [-0.2, 0) is 4.79 Å². The van der Waals surface area contributed by atoms with Gasteiger partial charge in [-0.05, 0) is 30.5 Å². The van der Waals surface area contributed by atoms with Crippen LogP contribution in [0.5, 0.6) is 0 Å². The molecule has 0 bridgehead atoms. The summed E-state index contributed by atoms with van der Waals surface area (Å²) in [5.74, 6) is -0.739. The number of amides is 1. The van der Waals surface area contributed by atoms with Gasteiger partial charge in [-0.25, -0.2) is 14.1 Å². The molecule has 2 heterocycles. The summed E-state index contributed by atoms with van der Waals surface area (Å²) < 4.78 is 14.6. The Balaban J connectivity index is 1.75. The van der Waals surface area contributed by atoms with Crippen molar-refractivity contribution < 1.29 is 9.18 Å². The summed E-state index contributed by atoms with van der Waals surface area (Å²) in [5.41, 5.74) is 3.54. The van der Waals surface area contributed by atoms with Crippen molar-refractivity contribution in [3.8, 4) is 11.1 Å². The quantitative estimate of drug-likeness (QED) is 0.728. The van der Waals surface area contributed by atoms with Crippen molar-refractivity contribution in [2.75, 3.05) is 5.43 Å². The lowest BCUT2D eigenvalue weighted by Gasteiger charge is -2.12. The third-order valence-electron chi connectivity index (χ3n) is 4.68. The van der Waals surface area contributed by atoms with Crippen molar-refractivity contribution in [2.24, 2.45) is 5.92 Å². The van der Waals surface area contributed by atoms with Crippen molar-refractivity contribution in [3.05, 3.63) is 51.1 Å². The Morgan fingerprint density at radius 2 is 2.12 bits per heavy atom. The Hall–Kier alpha value is -2.25. The van der Waals surface area contributed by atoms with E-state index in [1.54, 1.807) is 11.4 Å². The SMILES string of the molecule is O=C(Nn1cnc2scc(-c3ccc(F)c(Cl)c3)c2c1=O)C1CCCC1. The first-order valence-electron chi connectivity index (χ1n) is 8.30. The molecule has 0 radical (unpaired) electrons. The van der Waals surface area contributed by atoms with Gasteiger partial charge in [0, 0.05) is 16.9 Å². The minimum absolute atomic E-state index is 0.0133. The fraction of sp³-hybridized carbons (Fsp3) is 0.278. The van der Waals surface area contributed by atoms with E-state index in [4.69, 9.17) is 11.6 Å². The van der Waals surface area contributed by atoms with E-state index in [0.717, 1.165) is 30.4 Å². The van der Waals surface area contributed by atoms with Gasteiger partial charge in [0.15, 0.2) is 0 Å². The average Bonchev–Trinajstić information content (AvgIpc) is 3.29. The molecule has 8 heteroatoms. The Morgan fingerprint density at radius 1 is 1.35 bits per heavy atom. The average molecular weight is 392 g/mol. The minimum Gasteiger partial charge on any atom is -0.273 e. The molecule has 0 aliphatic heterocycles. The number of hydrogen-bond acceptors (Lipinski definition) is 4. The fourth-order valence-corrected chi connectivity index (χ4v) is 4.37. The van der Waals surface area contributed by atoms with Crippen LogP contribution in [0.2, 0.25) is 5.02 Å². The highest BCUT2D eigenvalue weighted by atomic mass is 35.5. The van der Waals surface area contributed by atoms with Gasteiger partial charge < -0.3 is 0 Å². The topological polar surface area (TPSA) is 64.0 Å². The number of rotatable bonds is 3. The molecule has 1 saturated carbocycles. The smallest absolute Gasteiger partial charge is 0.273 e. The molecule has 134 valence electrons. The Morgan fingerprint density at radius 3 is 2.85 bits per heavy atom. The van der Waals surface area contributed by atoms with E-state index < -0.39 is 5.82 Å². The maximum absolute atomic E-state index is 13.4. The van der Waals surface area contributed by atoms with Crippen LogP contribution < -0.4 is 11.0 Å². The number of halogens is 2. The highest BCUT2D eigenvalue weighted by Crippen LogP contribution is 2.32. The molecule has 1 amide bonds. The van der Waals surface area contributed by atoms with Gasteiger partial charge in [0.05, 0.1) is 10.4 Å². The molecule has 1 fully saturated rings. The number of carbonyl (C=O) groups excluding carboxylic acids is 1. The van der Waals surface area contributed by atoms with Crippen LogP contribution in [0.1, 0.15) is 25.7 Å². The normalized spacial score (nSPS) is 14.8. The largest absolute Gasteiger partial charge is 0.281 e. The molecule has 1 aliphatic rings. The highest BCUT2D eigenvalue weighted by molar-refractivity contribution is 7.17. The molecule has 0 atom stereocenters. The zero-order valence-corrected chi connectivity index (χ0v) is 15.2. The first-order chi connectivity index (χ1) is 12.5. The first-order valence-corrected chi connectivity index (χ1v) is 9.55. The number of benzene rings is 1. The summed E-state index contributed by atoms with van der Waals surface area (Å²) in [7, 11) is 0.